The van der Waals surface area contributed by atoms with Crippen molar-refractivity contribution in [2.75, 3.05) is 20.8 Å². The largest absolute Gasteiger partial charge is 0.496 e. The van der Waals surface area contributed by atoms with E-state index < -0.39 is 0 Å². The zero-order chi connectivity index (χ0) is 11.3. The van der Waals surface area contributed by atoms with Gasteiger partial charge in [-0.3, -0.25) is 0 Å². The first-order chi connectivity index (χ1) is 7.24. The highest BCUT2D eigenvalue weighted by Crippen LogP contribution is 2.29. The van der Waals surface area contributed by atoms with Crippen molar-refractivity contribution in [1.82, 2.24) is 0 Å². The molecule has 15 heavy (non-hydrogen) atoms. The van der Waals surface area contributed by atoms with Crippen LogP contribution < -0.4 is 10.5 Å². The molecule has 0 aliphatic heterocycles. The maximum atomic E-state index is 5.66. The molecule has 84 valence electrons. The van der Waals surface area contributed by atoms with E-state index in [1.807, 2.05) is 12.1 Å². The van der Waals surface area contributed by atoms with E-state index in [0.29, 0.717) is 19.1 Å². The molecule has 0 saturated carbocycles. The Balaban J connectivity index is 3.09. The molecule has 2 N–H and O–H groups in total. The van der Waals surface area contributed by atoms with Crippen molar-refractivity contribution in [2.45, 2.75) is 19.4 Å². The predicted molar refractivity (Wildman–Crippen MR) is 61.2 cm³/mol. The molecular formula is C12H19NO2. The number of nitrogens with two attached hydrogens (primary N) is 1. The van der Waals surface area contributed by atoms with E-state index in [1.165, 1.54) is 0 Å². The Bertz CT molecular complexity index is 312. The molecule has 1 rings (SSSR count). The second-order valence-electron chi connectivity index (χ2n) is 3.61. The highest BCUT2D eigenvalue weighted by Gasteiger charge is 2.13. The number of methoxy groups -OCH3 is 2. The SMILES string of the molecule is COCc1cccc(C(C)CN)c1OC. The van der Waals surface area contributed by atoms with Gasteiger partial charge in [-0.15, -0.1) is 0 Å². The number of benzene rings is 1. The molecule has 0 amide bonds. The maximum Gasteiger partial charge on any atom is 0.127 e. The van der Waals surface area contributed by atoms with Crippen LogP contribution in [-0.2, 0) is 11.3 Å². The fourth-order valence-electron chi connectivity index (χ4n) is 1.64. The minimum absolute atomic E-state index is 0.303. The van der Waals surface area contributed by atoms with Crippen molar-refractivity contribution >= 4 is 0 Å². The molecule has 1 atom stereocenters. The molecule has 0 aromatic heterocycles. The van der Waals surface area contributed by atoms with Crippen LogP contribution in [0.2, 0.25) is 0 Å². The van der Waals surface area contributed by atoms with Crippen molar-refractivity contribution in [3.05, 3.63) is 29.3 Å². The third-order valence-electron chi connectivity index (χ3n) is 2.52. The Morgan fingerprint density at radius 3 is 2.60 bits per heavy atom. The topological polar surface area (TPSA) is 44.5 Å². The van der Waals surface area contributed by atoms with E-state index in [-0.39, 0.29) is 0 Å². The second-order valence-corrected chi connectivity index (χ2v) is 3.61. The van der Waals surface area contributed by atoms with E-state index >= 15 is 0 Å². The second kappa shape index (κ2) is 5.73. The Kier molecular flexibility index (Phi) is 4.59. The van der Waals surface area contributed by atoms with Crippen LogP contribution in [0.4, 0.5) is 0 Å². The molecule has 0 bridgehead atoms. The van der Waals surface area contributed by atoms with Crippen molar-refractivity contribution in [3.8, 4) is 5.75 Å². The van der Waals surface area contributed by atoms with Crippen LogP contribution in [0.15, 0.2) is 18.2 Å². The van der Waals surface area contributed by atoms with Gasteiger partial charge >= 0.3 is 0 Å². The zero-order valence-corrected chi connectivity index (χ0v) is 9.62. The maximum absolute atomic E-state index is 5.66. The van der Waals surface area contributed by atoms with Crippen molar-refractivity contribution in [2.24, 2.45) is 5.73 Å². The summed E-state index contributed by atoms with van der Waals surface area (Å²) >= 11 is 0. The van der Waals surface area contributed by atoms with Gasteiger partial charge in [0.05, 0.1) is 13.7 Å². The molecule has 3 heteroatoms. The number of rotatable bonds is 5. The molecular weight excluding hydrogens is 190 g/mol. The first-order valence-electron chi connectivity index (χ1n) is 5.09. The van der Waals surface area contributed by atoms with Gasteiger partial charge in [0.2, 0.25) is 0 Å². The van der Waals surface area contributed by atoms with Gasteiger partial charge in [0, 0.05) is 12.7 Å². The molecule has 3 nitrogen and oxygen atoms in total. The lowest BCUT2D eigenvalue weighted by atomic mass is 9.98. The number of hydrogen-bond acceptors (Lipinski definition) is 3. The first kappa shape index (κ1) is 12.0. The van der Waals surface area contributed by atoms with E-state index in [0.717, 1.165) is 16.9 Å². The van der Waals surface area contributed by atoms with Crippen LogP contribution in [0, 0.1) is 0 Å². The number of para-hydroxylation sites is 1. The van der Waals surface area contributed by atoms with Crippen LogP contribution in [-0.4, -0.2) is 20.8 Å². The molecule has 1 unspecified atom stereocenters. The Hall–Kier alpha value is -1.06. The predicted octanol–water partition coefficient (Wildman–Crippen LogP) is 1.90. The fraction of sp³-hybridized carbons (Fsp3) is 0.500. The lowest BCUT2D eigenvalue weighted by molar-refractivity contribution is 0.181. The summed E-state index contributed by atoms with van der Waals surface area (Å²) in [5.74, 6) is 1.20. The minimum atomic E-state index is 0.303. The minimum Gasteiger partial charge on any atom is -0.496 e. The van der Waals surface area contributed by atoms with Crippen LogP contribution in [0.3, 0.4) is 0 Å². The summed E-state index contributed by atoms with van der Waals surface area (Å²) < 4.78 is 10.5. The van der Waals surface area contributed by atoms with Gasteiger partial charge in [-0.05, 0) is 18.0 Å². The van der Waals surface area contributed by atoms with E-state index in [9.17, 15) is 0 Å². The zero-order valence-electron chi connectivity index (χ0n) is 9.62. The molecule has 0 radical (unpaired) electrons. The van der Waals surface area contributed by atoms with Gasteiger partial charge in [0.15, 0.2) is 0 Å². The molecule has 1 aromatic carbocycles. The van der Waals surface area contributed by atoms with Gasteiger partial charge in [-0.25, -0.2) is 0 Å². The third-order valence-corrected chi connectivity index (χ3v) is 2.52. The standard InChI is InChI=1S/C12H19NO2/c1-9(7-13)11-6-4-5-10(8-14-2)12(11)15-3/h4-6,9H,7-8,13H2,1-3H3. The summed E-state index contributed by atoms with van der Waals surface area (Å²) in [4.78, 5) is 0. The molecule has 0 saturated heterocycles. The summed E-state index contributed by atoms with van der Waals surface area (Å²) in [5, 5.41) is 0. The van der Waals surface area contributed by atoms with Gasteiger partial charge in [-0.1, -0.05) is 25.1 Å². The van der Waals surface area contributed by atoms with Crippen molar-refractivity contribution < 1.29 is 9.47 Å². The van der Waals surface area contributed by atoms with E-state index in [1.54, 1.807) is 14.2 Å². The molecule has 0 spiro atoms. The molecule has 0 aliphatic carbocycles. The number of hydrogen-bond donors (Lipinski definition) is 1. The van der Waals surface area contributed by atoms with Gasteiger partial charge < -0.3 is 15.2 Å². The normalized spacial score (nSPS) is 12.5. The highest BCUT2D eigenvalue weighted by atomic mass is 16.5. The van der Waals surface area contributed by atoms with Crippen molar-refractivity contribution in [3.63, 3.8) is 0 Å². The first-order valence-corrected chi connectivity index (χ1v) is 5.09. The van der Waals surface area contributed by atoms with E-state index in [2.05, 4.69) is 13.0 Å². The lowest BCUT2D eigenvalue weighted by Crippen LogP contribution is -2.11. The average Bonchev–Trinajstić information content (AvgIpc) is 2.28. The molecule has 0 heterocycles. The number of ether oxygens (including phenoxy) is 2. The van der Waals surface area contributed by atoms with Crippen LogP contribution in [0.1, 0.15) is 24.0 Å². The third kappa shape index (κ3) is 2.70. The summed E-state index contributed by atoms with van der Waals surface area (Å²) in [6.45, 7) is 3.27. The van der Waals surface area contributed by atoms with Crippen LogP contribution in [0.25, 0.3) is 0 Å². The van der Waals surface area contributed by atoms with Gasteiger partial charge in [0.1, 0.15) is 5.75 Å². The smallest absolute Gasteiger partial charge is 0.127 e. The summed E-state index contributed by atoms with van der Waals surface area (Å²) in [6.07, 6.45) is 0. The Labute approximate surface area is 91.2 Å². The average molecular weight is 209 g/mol. The Morgan fingerprint density at radius 2 is 2.07 bits per heavy atom. The summed E-state index contributed by atoms with van der Waals surface area (Å²) in [7, 11) is 3.36. The summed E-state index contributed by atoms with van der Waals surface area (Å²) in [5.41, 5.74) is 7.88. The highest BCUT2D eigenvalue weighted by molar-refractivity contribution is 5.43. The quantitative estimate of drug-likeness (QED) is 0.805. The lowest BCUT2D eigenvalue weighted by Gasteiger charge is -2.16. The molecule has 0 aliphatic rings. The Morgan fingerprint density at radius 1 is 1.33 bits per heavy atom. The van der Waals surface area contributed by atoms with Crippen LogP contribution in [0.5, 0.6) is 5.75 Å². The molecule has 0 fully saturated rings. The van der Waals surface area contributed by atoms with Gasteiger partial charge in [-0.2, -0.15) is 0 Å². The van der Waals surface area contributed by atoms with E-state index in [4.69, 9.17) is 15.2 Å². The van der Waals surface area contributed by atoms with Crippen molar-refractivity contribution in [1.29, 1.82) is 0 Å². The fourth-order valence-corrected chi connectivity index (χ4v) is 1.64. The summed E-state index contributed by atoms with van der Waals surface area (Å²) in [6, 6.07) is 6.07. The molecule has 1 aromatic rings. The van der Waals surface area contributed by atoms with Gasteiger partial charge in [0.25, 0.3) is 0 Å². The van der Waals surface area contributed by atoms with Crippen LogP contribution >= 0.6 is 0 Å². The monoisotopic (exact) mass is 209 g/mol.